The number of carbonyl (C=O) groups is 1. The van der Waals surface area contributed by atoms with Gasteiger partial charge in [0.25, 0.3) is 0 Å². The first kappa shape index (κ1) is 14.3. The predicted molar refractivity (Wildman–Crippen MR) is 78.9 cm³/mol. The van der Waals surface area contributed by atoms with E-state index in [0.29, 0.717) is 0 Å². The normalized spacial score (nSPS) is 23.2. The lowest BCUT2D eigenvalue weighted by molar-refractivity contribution is -0.136. The highest BCUT2D eigenvalue weighted by Gasteiger charge is 2.34. The molecule has 1 amide bonds. The van der Waals surface area contributed by atoms with Gasteiger partial charge in [0.1, 0.15) is 11.6 Å². The van der Waals surface area contributed by atoms with Crippen molar-refractivity contribution in [3.8, 4) is 0 Å². The maximum absolute atomic E-state index is 11.5. The van der Waals surface area contributed by atoms with Crippen LogP contribution in [0.1, 0.15) is 37.8 Å². The molecule has 0 aliphatic carbocycles. The van der Waals surface area contributed by atoms with Crippen LogP contribution in [0.25, 0.3) is 0 Å². The molecule has 6 nitrogen and oxygen atoms in total. The number of hydrogen-bond donors (Lipinski definition) is 1. The summed E-state index contributed by atoms with van der Waals surface area (Å²) in [5.41, 5.74) is 1.13. The van der Waals surface area contributed by atoms with E-state index in [1.165, 1.54) is 0 Å². The van der Waals surface area contributed by atoms with Gasteiger partial charge < -0.3 is 15.0 Å². The Morgan fingerprint density at radius 2 is 2.29 bits per heavy atom. The van der Waals surface area contributed by atoms with Crippen LogP contribution in [0.15, 0.2) is 6.07 Å². The van der Waals surface area contributed by atoms with Crippen molar-refractivity contribution < 1.29 is 9.53 Å². The highest BCUT2D eigenvalue weighted by molar-refractivity contribution is 5.74. The molecule has 1 atom stereocenters. The van der Waals surface area contributed by atoms with Gasteiger partial charge in [0.05, 0.1) is 24.9 Å². The Morgan fingerprint density at radius 3 is 2.81 bits per heavy atom. The summed E-state index contributed by atoms with van der Waals surface area (Å²) in [6.45, 7) is 8.93. The van der Waals surface area contributed by atoms with Crippen LogP contribution >= 0.6 is 0 Å². The van der Waals surface area contributed by atoms with E-state index >= 15 is 0 Å². The minimum Gasteiger partial charge on any atom is -0.380 e. The molecule has 6 heteroatoms. The molecule has 114 valence electrons. The van der Waals surface area contributed by atoms with Crippen molar-refractivity contribution in [1.82, 2.24) is 14.9 Å². The van der Waals surface area contributed by atoms with Crippen LogP contribution in [-0.4, -0.2) is 47.1 Å². The molecule has 21 heavy (non-hydrogen) atoms. The predicted octanol–water partition coefficient (Wildman–Crippen LogP) is 1.53. The lowest BCUT2D eigenvalue weighted by Crippen LogP contribution is -2.45. The highest BCUT2D eigenvalue weighted by atomic mass is 16.5. The van der Waals surface area contributed by atoms with Crippen LogP contribution in [0, 0.1) is 12.3 Å². The van der Waals surface area contributed by atoms with Crippen LogP contribution in [0.4, 0.5) is 5.82 Å². The van der Waals surface area contributed by atoms with Gasteiger partial charge in [-0.3, -0.25) is 4.79 Å². The second-order valence-corrected chi connectivity index (χ2v) is 6.40. The minimum atomic E-state index is 0.104. The third-order valence-corrected chi connectivity index (χ3v) is 4.22. The topological polar surface area (TPSA) is 67.4 Å². The molecule has 0 bridgehead atoms. The number of aromatic nitrogens is 2. The van der Waals surface area contributed by atoms with Gasteiger partial charge in [-0.05, 0) is 13.3 Å². The Hall–Kier alpha value is -1.69. The lowest BCUT2D eigenvalue weighted by Gasteiger charge is -2.40. The van der Waals surface area contributed by atoms with E-state index in [0.717, 1.165) is 50.1 Å². The number of aryl methyl sites for hydroxylation is 1. The second kappa shape index (κ2) is 5.26. The van der Waals surface area contributed by atoms with Gasteiger partial charge in [-0.25, -0.2) is 9.97 Å². The summed E-state index contributed by atoms with van der Waals surface area (Å²) < 4.78 is 5.26. The average Bonchev–Trinajstić information content (AvgIpc) is 2.31. The third-order valence-electron chi connectivity index (χ3n) is 4.22. The molecular formula is C15H22N4O2. The first-order chi connectivity index (χ1) is 9.97. The highest BCUT2D eigenvalue weighted by Crippen LogP contribution is 2.33. The van der Waals surface area contributed by atoms with Crippen LogP contribution in [0.2, 0.25) is 0 Å². The number of ether oxygens (including phenoxy) is 1. The number of nitrogens with one attached hydrogen (secondary N) is 1. The molecule has 0 saturated carbocycles. The molecule has 2 saturated heterocycles. The summed E-state index contributed by atoms with van der Waals surface area (Å²) in [5.74, 6) is 1.68. The van der Waals surface area contributed by atoms with Gasteiger partial charge in [0.2, 0.25) is 5.91 Å². The van der Waals surface area contributed by atoms with Crippen molar-refractivity contribution in [3.05, 3.63) is 17.6 Å². The summed E-state index contributed by atoms with van der Waals surface area (Å²) in [4.78, 5) is 22.3. The Kier molecular flexibility index (Phi) is 3.57. The standard InChI is InChI=1S/C15H22N4O2/c1-10-17-12(13-4-5-19(13)11(2)20)6-14(18-10)16-7-15(3)8-21-9-15/h6,13H,4-5,7-9H2,1-3H3,(H,16,17,18)/t13-/m0/s1. The molecule has 0 radical (unpaired) electrons. The third kappa shape index (κ3) is 2.85. The van der Waals surface area contributed by atoms with E-state index in [1.54, 1.807) is 6.92 Å². The van der Waals surface area contributed by atoms with E-state index in [-0.39, 0.29) is 17.4 Å². The number of rotatable bonds is 4. The number of anilines is 1. The molecule has 0 aromatic carbocycles. The van der Waals surface area contributed by atoms with Crippen molar-refractivity contribution in [2.24, 2.45) is 5.41 Å². The zero-order chi connectivity index (χ0) is 15.0. The zero-order valence-corrected chi connectivity index (χ0v) is 12.8. The van der Waals surface area contributed by atoms with E-state index in [1.807, 2.05) is 17.9 Å². The van der Waals surface area contributed by atoms with Gasteiger partial charge in [0.15, 0.2) is 0 Å². The van der Waals surface area contributed by atoms with E-state index in [4.69, 9.17) is 4.74 Å². The smallest absolute Gasteiger partial charge is 0.220 e. The molecule has 1 aromatic rings. The fourth-order valence-corrected chi connectivity index (χ4v) is 2.78. The molecule has 0 unspecified atom stereocenters. The van der Waals surface area contributed by atoms with Crippen molar-refractivity contribution in [3.63, 3.8) is 0 Å². The Balaban J connectivity index is 1.72. The van der Waals surface area contributed by atoms with Crippen LogP contribution < -0.4 is 5.32 Å². The fraction of sp³-hybridized carbons (Fsp3) is 0.667. The van der Waals surface area contributed by atoms with Crippen molar-refractivity contribution in [2.45, 2.75) is 33.2 Å². The number of nitrogens with zero attached hydrogens (tertiary/aromatic N) is 3. The molecule has 3 heterocycles. The average molecular weight is 290 g/mol. The second-order valence-electron chi connectivity index (χ2n) is 6.40. The number of carbonyl (C=O) groups excluding carboxylic acids is 1. The molecule has 2 aliphatic heterocycles. The number of likely N-dealkylation sites (tertiary alicyclic amines) is 1. The Bertz CT molecular complexity index is 557. The maximum Gasteiger partial charge on any atom is 0.220 e. The Labute approximate surface area is 124 Å². The molecule has 3 rings (SSSR count). The van der Waals surface area contributed by atoms with Crippen LogP contribution in [0.5, 0.6) is 0 Å². The van der Waals surface area contributed by atoms with E-state index < -0.39 is 0 Å². The largest absolute Gasteiger partial charge is 0.380 e. The summed E-state index contributed by atoms with van der Waals surface area (Å²) in [6.07, 6.45) is 0.973. The Morgan fingerprint density at radius 1 is 1.52 bits per heavy atom. The van der Waals surface area contributed by atoms with Gasteiger partial charge >= 0.3 is 0 Å². The molecular weight excluding hydrogens is 268 g/mol. The van der Waals surface area contributed by atoms with Crippen molar-refractivity contribution in [1.29, 1.82) is 0 Å². The van der Waals surface area contributed by atoms with Crippen molar-refractivity contribution in [2.75, 3.05) is 31.6 Å². The quantitative estimate of drug-likeness (QED) is 0.911. The van der Waals surface area contributed by atoms with Crippen LogP contribution in [0.3, 0.4) is 0 Å². The number of hydrogen-bond acceptors (Lipinski definition) is 5. The summed E-state index contributed by atoms with van der Waals surface area (Å²) in [6, 6.07) is 2.07. The zero-order valence-electron chi connectivity index (χ0n) is 12.8. The van der Waals surface area contributed by atoms with Gasteiger partial charge in [-0.1, -0.05) is 6.92 Å². The van der Waals surface area contributed by atoms with Gasteiger partial charge in [-0.15, -0.1) is 0 Å². The molecule has 2 fully saturated rings. The van der Waals surface area contributed by atoms with E-state index in [9.17, 15) is 4.79 Å². The first-order valence-corrected chi connectivity index (χ1v) is 7.41. The van der Waals surface area contributed by atoms with Gasteiger partial charge in [-0.2, -0.15) is 0 Å². The molecule has 1 N–H and O–H groups in total. The first-order valence-electron chi connectivity index (χ1n) is 7.41. The minimum absolute atomic E-state index is 0.104. The SMILES string of the molecule is CC(=O)N1CC[C@H]1c1cc(NCC2(C)COC2)nc(C)n1. The number of amides is 1. The van der Waals surface area contributed by atoms with Crippen molar-refractivity contribution >= 4 is 11.7 Å². The summed E-state index contributed by atoms with van der Waals surface area (Å²) in [5, 5.41) is 3.38. The monoisotopic (exact) mass is 290 g/mol. The van der Waals surface area contributed by atoms with Crippen LogP contribution in [-0.2, 0) is 9.53 Å². The summed E-state index contributed by atoms with van der Waals surface area (Å²) in [7, 11) is 0. The molecule has 1 aromatic heterocycles. The molecule has 2 aliphatic rings. The lowest BCUT2D eigenvalue weighted by atomic mass is 9.89. The fourth-order valence-electron chi connectivity index (χ4n) is 2.78. The van der Waals surface area contributed by atoms with Gasteiger partial charge in [0, 0.05) is 31.5 Å². The maximum atomic E-state index is 11.5. The molecule has 0 spiro atoms. The van der Waals surface area contributed by atoms with E-state index in [2.05, 4.69) is 22.2 Å². The summed E-state index contributed by atoms with van der Waals surface area (Å²) >= 11 is 0.